The number of rotatable bonds is 8. The quantitative estimate of drug-likeness (QED) is 0.285. The molecule has 5 rings (SSSR count). The van der Waals surface area contributed by atoms with Gasteiger partial charge in [-0.1, -0.05) is 6.07 Å². The van der Waals surface area contributed by atoms with Gasteiger partial charge in [0, 0.05) is 30.9 Å². The van der Waals surface area contributed by atoms with Crippen LogP contribution in [0.5, 0.6) is 0 Å². The molecule has 11 heteroatoms. The Labute approximate surface area is 200 Å². The zero-order chi connectivity index (χ0) is 24.5. The number of amides is 4. The molecule has 0 radical (unpaired) electrons. The zero-order valence-corrected chi connectivity index (χ0v) is 19.2. The van der Waals surface area contributed by atoms with E-state index in [0.29, 0.717) is 18.8 Å². The number of hydrogen-bond donors (Lipinski definition) is 4. The highest BCUT2D eigenvalue weighted by Crippen LogP contribution is 2.32. The molecule has 11 nitrogen and oxygen atoms in total. The standard InChI is InChI=1S/C24H25N7O4/c1-13-11-15-20(27-12-28-21(15)29-13)26-10-3-2-9-25-16-6-4-5-14-19(16)24(35)31(23(14)34)17-7-8-18(32)30-22(17)33/h4-6,11-12,17,25H,2-3,7-10H2,1H3,(H,30,32,33)(H2,26,27,28,29). The van der Waals surface area contributed by atoms with Crippen LogP contribution in [0, 0.1) is 6.92 Å². The van der Waals surface area contributed by atoms with Gasteiger partial charge in [-0.3, -0.25) is 29.4 Å². The Morgan fingerprint density at radius 2 is 1.86 bits per heavy atom. The predicted molar refractivity (Wildman–Crippen MR) is 128 cm³/mol. The molecule has 1 aromatic carbocycles. The van der Waals surface area contributed by atoms with Gasteiger partial charge in [0.1, 0.15) is 23.8 Å². The maximum atomic E-state index is 13.1. The lowest BCUT2D eigenvalue weighted by molar-refractivity contribution is -0.136. The summed E-state index contributed by atoms with van der Waals surface area (Å²) >= 11 is 0. The van der Waals surface area contributed by atoms with Crippen molar-refractivity contribution in [2.45, 2.75) is 38.6 Å². The molecule has 4 amide bonds. The van der Waals surface area contributed by atoms with E-state index in [1.165, 1.54) is 6.33 Å². The molecular formula is C24H25N7O4. The third kappa shape index (κ3) is 4.20. The summed E-state index contributed by atoms with van der Waals surface area (Å²) in [7, 11) is 0. The van der Waals surface area contributed by atoms with E-state index < -0.39 is 29.7 Å². The van der Waals surface area contributed by atoms with Crippen LogP contribution in [-0.2, 0) is 9.59 Å². The van der Waals surface area contributed by atoms with Gasteiger partial charge in [0.25, 0.3) is 11.8 Å². The van der Waals surface area contributed by atoms with Gasteiger partial charge in [0.15, 0.2) is 0 Å². The largest absolute Gasteiger partial charge is 0.384 e. The summed E-state index contributed by atoms with van der Waals surface area (Å²) < 4.78 is 0. The summed E-state index contributed by atoms with van der Waals surface area (Å²) in [6.07, 6.45) is 3.41. The van der Waals surface area contributed by atoms with Crippen molar-refractivity contribution < 1.29 is 19.2 Å². The average molecular weight is 476 g/mol. The predicted octanol–water partition coefficient (Wildman–Crippen LogP) is 1.97. The second-order valence-electron chi connectivity index (χ2n) is 8.67. The molecule has 180 valence electrons. The van der Waals surface area contributed by atoms with Gasteiger partial charge in [0.2, 0.25) is 11.8 Å². The molecule has 4 N–H and O–H groups in total. The van der Waals surface area contributed by atoms with E-state index in [1.807, 2.05) is 13.0 Å². The number of anilines is 2. The summed E-state index contributed by atoms with van der Waals surface area (Å²) in [6, 6.07) is 6.08. The van der Waals surface area contributed by atoms with Crippen molar-refractivity contribution in [1.82, 2.24) is 25.2 Å². The number of aromatic amines is 1. The minimum atomic E-state index is -0.976. The van der Waals surface area contributed by atoms with Crippen molar-refractivity contribution in [2.75, 3.05) is 23.7 Å². The summed E-state index contributed by atoms with van der Waals surface area (Å²) in [5.74, 6) is -1.26. The van der Waals surface area contributed by atoms with Crippen molar-refractivity contribution in [3.8, 4) is 0 Å². The Balaban J connectivity index is 1.18. The summed E-state index contributed by atoms with van der Waals surface area (Å²) in [4.78, 5) is 62.5. The number of carbonyl (C=O) groups excluding carboxylic acids is 4. The van der Waals surface area contributed by atoms with Gasteiger partial charge in [-0.15, -0.1) is 0 Å². The average Bonchev–Trinajstić information content (AvgIpc) is 3.34. The maximum Gasteiger partial charge on any atom is 0.264 e. The van der Waals surface area contributed by atoms with Crippen LogP contribution in [0.3, 0.4) is 0 Å². The van der Waals surface area contributed by atoms with Gasteiger partial charge in [0.05, 0.1) is 16.5 Å². The number of piperidine rings is 1. The molecule has 2 aromatic heterocycles. The number of aromatic nitrogens is 3. The molecule has 2 aliphatic heterocycles. The highest BCUT2D eigenvalue weighted by molar-refractivity contribution is 6.25. The van der Waals surface area contributed by atoms with Crippen LogP contribution in [0.15, 0.2) is 30.6 Å². The maximum absolute atomic E-state index is 13.1. The Hall–Kier alpha value is -4.28. The van der Waals surface area contributed by atoms with E-state index in [1.54, 1.807) is 18.2 Å². The van der Waals surface area contributed by atoms with Gasteiger partial charge in [-0.05, 0) is 44.4 Å². The molecule has 4 heterocycles. The third-order valence-corrected chi connectivity index (χ3v) is 6.24. The molecule has 0 bridgehead atoms. The Morgan fingerprint density at radius 3 is 2.66 bits per heavy atom. The van der Waals surface area contributed by atoms with E-state index in [0.717, 1.165) is 40.3 Å². The van der Waals surface area contributed by atoms with Crippen LogP contribution in [0.2, 0.25) is 0 Å². The summed E-state index contributed by atoms with van der Waals surface area (Å²) in [5.41, 5.74) is 2.91. The van der Waals surface area contributed by atoms with Crippen LogP contribution >= 0.6 is 0 Å². The van der Waals surface area contributed by atoms with Crippen LogP contribution in [0.25, 0.3) is 11.0 Å². The first-order chi connectivity index (χ1) is 16.9. The first-order valence-corrected chi connectivity index (χ1v) is 11.6. The highest BCUT2D eigenvalue weighted by atomic mass is 16.2. The monoisotopic (exact) mass is 475 g/mol. The number of imide groups is 2. The number of unbranched alkanes of at least 4 members (excludes halogenated alkanes) is 1. The van der Waals surface area contributed by atoms with Crippen molar-refractivity contribution >= 4 is 46.2 Å². The molecule has 0 saturated carbocycles. The molecule has 1 atom stereocenters. The number of benzene rings is 1. The smallest absolute Gasteiger partial charge is 0.264 e. The molecule has 1 unspecified atom stereocenters. The topological polar surface area (TPSA) is 149 Å². The number of carbonyl (C=O) groups is 4. The second kappa shape index (κ2) is 9.16. The minimum absolute atomic E-state index is 0.0905. The van der Waals surface area contributed by atoms with Crippen LogP contribution < -0.4 is 16.0 Å². The van der Waals surface area contributed by atoms with Crippen molar-refractivity contribution in [2.24, 2.45) is 0 Å². The number of nitrogens with zero attached hydrogens (tertiary/aromatic N) is 3. The molecule has 2 aliphatic rings. The Morgan fingerprint density at radius 1 is 1.06 bits per heavy atom. The van der Waals surface area contributed by atoms with Crippen LogP contribution in [0.4, 0.5) is 11.5 Å². The SMILES string of the molecule is Cc1cc2c(NCCCCNc3cccc4c3C(=O)N(C3CCC(=O)NC3=O)C4=O)ncnc2[nH]1. The van der Waals surface area contributed by atoms with E-state index in [-0.39, 0.29) is 24.0 Å². The minimum Gasteiger partial charge on any atom is -0.384 e. The van der Waals surface area contributed by atoms with E-state index in [2.05, 4.69) is 30.9 Å². The van der Waals surface area contributed by atoms with Crippen LogP contribution in [-0.4, -0.2) is 62.6 Å². The Bertz CT molecular complexity index is 1350. The Kier molecular flexibility index (Phi) is 5.89. The van der Waals surface area contributed by atoms with E-state index in [4.69, 9.17) is 0 Å². The van der Waals surface area contributed by atoms with Gasteiger partial charge in [-0.25, -0.2) is 9.97 Å². The fourth-order valence-electron chi connectivity index (χ4n) is 4.55. The first kappa shape index (κ1) is 22.5. The lowest BCUT2D eigenvalue weighted by Crippen LogP contribution is -2.54. The lowest BCUT2D eigenvalue weighted by atomic mass is 10.0. The van der Waals surface area contributed by atoms with E-state index >= 15 is 0 Å². The first-order valence-electron chi connectivity index (χ1n) is 11.6. The van der Waals surface area contributed by atoms with Gasteiger partial charge >= 0.3 is 0 Å². The molecule has 1 fully saturated rings. The summed E-state index contributed by atoms with van der Waals surface area (Å²) in [6.45, 7) is 3.28. The molecule has 1 saturated heterocycles. The molecule has 0 aliphatic carbocycles. The normalized spacial score (nSPS) is 17.6. The lowest BCUT2D eigenvalue weighted by Gasteiger charge is -2.27. The van der Waals surface area contributed by atoms with Crippen LogP contribution in [0.1, 0.15) is 52.1 Å². The molecule has 3 aromatic rings. The number of hydrogen-bond acceptors (Lipinski definition) is 8. The number of nitrogens with one attached hydrogen (secondary N) is 4. The van der Waals surface area contributed by atoms with E-state index in [9.17, 15) is 19.2 Å². The van der Waals surface area contributed by atoms with Crippen molar-refractivity contribution in [3.05, 3.63) is 47.4 Å². The highest BCUT2D eigenvalue weighted by Gasteiger charge is 2.45. The number of fused-ring (bicyclic) bond motifs is 2. The number of H-pyrrole nitrogens is 1. The third-order valence-electron chi connectivity index (χ3n) is 6.24. The second-order valence-corrected chi connectivity index (χ2v) is 8.67. The van der Waals surface area contributed by atoms with Crippen molar-refractivity contribution in [3.63, 3.8) is 0 Å². The zero-order valence-electron chi connectivity index (χ0n) is 19.2. The summed E-state index contributed by atoms with van der Waals surface area (Å²) in [5, 5.41) is 9.75. The molecule has 0 spiro atoms. The van der Waals surface area contributed by atoms with Gasteiger partial charge < -0.3 is 15.6 Å². The molecular weight excluding hydrogens is 450 g/mol. The fourth-order valence-corrected chi connectivity index (χ4v) is 4.55. The van der Waals surface area contributed by atoms with Crippen molar-refractivity contribution in [1.29, 1.82) is 0 Å². The number of aryl methyl sites for hydroxylation is 1. The van der Waals surface area contributed by atoms with Gasteiger partial charge in [-0.2, -0.15) is 0 Å². The fraction of sp³-hybridized carbons (Fsp3) is 0.333. The molecule has 35 heavy (non-hydrogen) atoms.